The molecule has 0 aliphatic heterocycles. The minimum absolute atomic E-state index is 0.125. The molecule has 2 aromatic heterocycles. The summed E-state index contributed by atoms with van der Waals surface area (Å²) in [4.78, 5) is 4.30. The number of hydrogen-bond donors (Lipinski definition) is 1. The van der Waals surface area contributed by atoms with E-state index in [1.807, 2.05) is 19.1 Å². The van der Waals surface area contributed by atoms with E-state index in [0.717, 1.165) is 29.4 Å². The molecule has 0 atom stereocenters. The molecule has 4 nitrogen and oxygen atoms in total. The topological polar surface area (TPSA) is 42.2 Å². The van der Waals surface area contributed by atoms with E-state index in [4.69, 9.17) is 0 Å². The second kappa shape index (κ2) is 4.88. The SMILES string of the molecule is Cc1cccn2nc(NCc3cc(F)ccc3F)nc12. The molecule has 2 heterocycles. The van der Waals surface area contributed by atoms with Crippen LogP contribution < -0.4 is 5.32 Å². The van der Waals surface area contributed by atoms with E-state index in [1.165, 1.54) is 0 Å². The van der Waals surface area contributed by atoms with Gasteiger partial charge in [0.05, 0.1) is 0 Å². The summed E-state index contributed by atoms with van der Waals surface area (Å²) < 4.78 is 28.2. The van der Waals surface area contributed by atoms with Gasteiger partial charge in [0.1, 0.15) is 11.6 Å². The Kier molecular flexibility index (Phi) is 3.06. The third-order valence-corrected chi connectivity index (χ3v) is 3.00. The van der Waals surface area contributed by atoms with E-state index in [-0.39, 0.29) is 12.1 Å². The van der Waals surface area contributed by atoms with Crippen LogP contribution in [0.4, 0.5) is 14.7 Å². The molecular weight excluding hydrogens is 262 g/mol. The molecule has 0 saturated carbocycles. The number of pyridine rings is 1. The number of anilines is 1. The van der Waals surface area contributed by atoms with Gasteiger partial charge in [0, 0.05) is 18.3 Å². The van der Waals surface area contributed by atoms with Crippen LogP contribution in [-0.2, 0) is 6.54 Å². The Bertz CT molecular complexity index is 767. The molecule has 0 amide bonds. The summed E-state index contributed by atoms with van der Waals surface area (Å²) in [5.41, 5.74) is 1.96. The lowest BCUT2D eigenvalue weighted by Gasteiger charge is -2.03. The Balaban J connectivity index is 1.83. The average molecular weight is 274 g/mol. The molecule has 0 unspecified atom stereocenters. The Morgan fingerprint density at radius 3 is 2.90 bits per heavy atom. The summed E-state index contributed by atoms with van der Waals surface area (Å²) in [5, 5.41) is 7.11. The largest absolute Gasteiger partial charge is 0.349 e. The molecule has 0 saturated heterocycles. The minimum atomic E-state index is -0.470. The Labute approximate surface area is 114 Å². The fourth-order valence-corrected chi connectivity index (χ4v) is 1.97. The molecule has 6 heteroatoms. The van der Waals surface area contributed by atoms with Crippen LogP contribution in [0.3, 0.4) is 0 Å². The second-order valence-electron chi connectivity index (χ2n) is 4.48. The molecule has 0 bridgehead atoms. The smallest absolute Gasteiger partial charge is 0.243 e. The fraction of sp³-hybridized carbons (Fsp3) is 0.143. The van der Waals surface area contributed by atoms with Crippen molar-refractivity contribution >= 4 is 11.6 Å². The monoisotopic (exact) mass is 274 g/mol. The number of aromatic nitrogens is 3. The average Bonchev–Trinajstić information content (AvgIpc) is 2.84. The first kappa shape index (κ1) is 12.5. The highest BCUT2D eigenvalue weighted by atomic mass is 19.1. The zero-order chi connectivity index (χ0) is 14.1. The van der Waals surface area contributed by atoms with Gasteiger partial charge in [-0.3, -0.25) is 0 Å². The first-order chi connectivity index (χ1) is 9.63. The molecular formula is C14H12F2N4. The Hall–Kier alpha value is -2.50. The van der Waals surface area contributed by atoms with Gasteiger partial charge in [-0.15, -0.1) is 5.10 Å². The lowest BCUT2D eigenvalue weighted by Crippen LogP contribution is -2.03. The van der Waals surface area contributed by atoms with Crippen molar-refractivity contribution in [2.75, 3.05) is 5.32 Å². The lowest BCUT2D eigenvalue weighted by molar-refractivity contribution is 0.587. The number of fused-ring (bicyclic) bond motifs is 1. The zero-order valence-electron chi connectivity index (χ0n) is 10.8. The zero-order valence-corrected chi connectivity index (χ0v) is 10.8. The number of rotatable bonds is 3. The van der Waals surface area contributed by atoms with Crippen LogP contribution in [0.25, 0.3) is 5.65 Å². The third-order valence-electron chi connectivity index (χ3n) is 3.00. The van der Waals surface area contributed by atoms with Crippen LogP contribution in [0.2, 0.25) is 0 Å². The van der Waals surface area contributed by atoms with Gasteiger partial charge in [0.2, 0.25) is 5.95 Å². The maximum atomic E-state index is 13.5. The summed E-state index contributed by atoms with van der Waals surface area (Å²) in [6, 6.07) is 7.15. The summed E-state index contributed by atoms with van der Waals surface area (Å²) in [7, 11) is 0. The minimum Gasteiger partial charge on any atom is -0.349 e. The van der Waals surface area contributed by atoms with Crippen molar-refractivity contribution in [2.24, 2.45) is 0 Å². The normalized spacial score (nSPS) is 10.9. The van der Waals surface area contributed by atoms with E-state index in [0.29, 0.717) is 5.95 Å². The van der Waals surface area contributed by atoms with E-state index in [1.54, 1.807) is 10.7 Å². The van der Waals surface area contributed by atoms with Crippen LogP contribution in [0.5, 0.6) is 0 Å². The molecule has 3 aromatic rings. The van der Waals surface area contributed by atoms with Crippen molar-refractivity contribution in [3.05, 3.63) is 59.3 Å². The van der Waals surface area contributed by atoms with Gasteiger partial charge in [0.15, 0.2) is 5.65 Å². The standard InChI is InChI=1S/C14H12F2N4/c1-9-3-2-6-20-13(9)18-14(19-20)17-8-10-7-11(15)4-5-12(10)16/h2-7H,8H2,1H3,(H,17,19). The Morgan fingerprint density at radius 2 is 2.10 bits per heavy atom. The quantitative estimate of drug-likeness (QED) is 0.798. The van der Waals surface area contributed by atoms with Gasteiger partial charge < -0.3 is 5.32 Å². The lowest BCUT2D eigenvalue weighted by atomic mass is 10.2. The van der Waals surface area contributed by atoms with Gasteiger partial charge in [0.25, 0.3) is 0 Å². The maximum absolute atomic E-state index is 13.5. The highest BCUT2D eigenvalue weighted by Crippen LogP contribution is 2.13. The van der Waals surface area contributed by atoms with Crippen LogP contribution in [0.1, 0.15) is 11.1 Å². The van der Waals surface area contributed by atoms with E-state index in [9.17, 15) is 8.78 Å². The highest BCUT2D eigenvalue weighted by molar-refractivity contribution is 5.49. The highest BCUT2D eigenvalue weighted by Gasteiger charge is 2.07. The molecule has 1 aromatic carbocycles. The molecule has 3 rings (SSSR count). The van der Waals surface area contributed by atoms with Crippen molar-refractivity contribution in [3.8, 4) is 0 Å². The van der Waals surface area contributed by atoms with E-state index < -0.39 is 11.6 Å². The third kappa shape index (κ3) is 2.32. The first-order valence-corrected chi connectivity index (χ1v) is 6.13. The predicted octanol–water partition coefficient (Wildman–Crippen LogP) is 2.93. The van der Waals surface area contributed by atoms with Gasteiger partial charge in [-0.25, -0.2) is 13.3 Å². The second-order valence-corrected chi connectivity index (χ2v) is 4.48. The number of nitrogens with zero attached hydrogens (tertiary/aromatic N) is 3. The van der Waals surface area contributed by atoms with Crippen molar-refractivity contribution in [1.29, 1.82) is 0 Å². The molecule has 0 radical (unpaired) electrons. The molecule has 102 valence electrons. The van der Waals surface area contributed by atoms with E-state index >= 15 is 0 Å². The van der Waals surface area contributed by atoms with Crippen LogP contribution >= 0.6 is 0 Å². The van der Waals surface area contributed by atoms with Crippen LogP contribution in [0, 0.1) is 18.6 Å². The first-order valence-electron chi connectivity index (χ1n) is 6.13. The van der Waals surface area contributed by atoms with Crippen molar-refractivity contribution in [2.45, 2.75) is 13.5 Å². The molecule has 0 fully saturated rings. The number of halogens is 2. The van der Waals surface area contributed by atoms with Crippen molar-refractivity contribution in [1.82, 2.24) is 14.6 Å². The molecule has 0 spiro atoms. The molecule has 20 heavy (non-hydrogen) atoms. The summed E-state index contributed by atoms with van der Waals surface area (Å²) in [6.45, 7) is 2.06. The van der Waals surface area contributed by atoms with Gasteiger partial charge in [-0.05, 0) is 36.8 Å². The Morgan fingerprint density at radius 1 is 1.25 bits per heavy atom. The molecule has 1 N–H and O–H groups in total. The number of hydrogen-bond acceptors (Lipinski definition) is 3. The van der Waals surface area contributed by atoms with Gasteiger partial charge in [-0.1, -0.05) is 6.07 Å². The van der Waals surface area contributed by atoms with Gasteiger partial charge in [-0.2, -0.15) is 4.98 Å². The van der Waals surface area contributed by atoms with E-state index in [2.05, 4.69) is 15.4 Å². The molecule has 0 aliphatic carbocycles. The number of aryl methyl sites for hydroxylation is 1. The van der Waals surface area contributed by atoms with Crippen molar-refractivity contribution < 1.29 is 8.78 Å². The van der Waals surface area contributed by atoms with Crippen LogP contribution in [0.15, 0.2) is 36.5 Å². The van der Waals surface area contributed by atoms with Crippen LogP contribution in [-0.4, -0.2) is 14.6 Å². The number of benzene rings is 1. The summed E-state index contributed by atoms with van der Waals surface area (Å²) >= 11 is 0. The number of nitrogens with one attached hydrogen (secondary N) is 1. The predicted molar refractivity (Wildman–Crippen MR) is 71.4 cm³/mol. The molecule has 0 aliphatic rings. The summed E-state index contributed by atoms with van der Waals surface area (Å²) in [6.07, 6.45) is 1.78. The van der Waals surface area contributed by atoms with Crippen molar-refractivity contribution in [3.63, 3.8) is 0 Å². The maximum Gasteiger partial charge on any atom is 0.243 e. The fourth-order valence-electron chi connectivity index (χ4n) is 1.97. The van der Waals surface area contributed by atoms with Gasteiger partial charge >= 0.3 is 0 Å². The summed E-state index contributed by atoms with van der Waals surface area (Å²) in [5.74, 6) is -0.552.